The van der Waals surface area contributed by atoms with E-state index in [0.717, 1.165) is 65.6 Å². The molecule has 8 nitrogen and oxygen atoms in total. The molecule has 168 valence electrons. The number of H-pyrrole nitrogens is 1. The number of nitrogens with one attached hydrogen (secondary N) is 2. The molecule has 8 heteroatoms. The predicted molar refractivity (Wildman–Crippen MR) is 126 cm³/mol. The highest BCUT2D eigenvalue weighted by Crippen LogP contribution is 2.36. The van der Waals surface area contributed by atoms with Gasteiger partial charge in [0, 0.05) is 55.1 Å². The highest BCUT2D eigenvalue weighted by molar-refractivity contribution is 5.96. The normalized spacial score (nSPS) is 19.0. The van der Waals surface area contributed by atoms with Gasteiger partial charge < -0.3 is 30.1 Å². The lowest BCUT2D eigenvalue weighted by molar-refractivity contribution is 0.342. The second-order valence-electron chi connectivity index (χ2n) is 8.63. The average Bonchev–Trinajstić information content (AvgIpc) is 3.39. The van der Waals surface area contributed by atoms with Gasteiger partial charge in [-0.3, -0.25) is 0 Å². The Bertz CT molecular complexity index is 1250. The van der Waals surface area contributed by atoms with Crippen LogP contribution in [0, 0.1) is 0 Å². The highest BCUT2D eigenvalue weighted by Gasteiger charge is 2.20. The molecule has 0 unspecified atom stereocenters. The van der Waals surface area contributed by atoms with E-state index in [1.165, 1.54) is 5.56 Å². The minimum absolute atomic E-state index is 0.362. The van der Waals surface area contributed by atoms with Gasteiger partial charge in [0.25, 0.3) is 5.88 Å². The first-order chi connectivity index (χ1) is 15.6. The zero-order valence-corrected chi connectivity index (χ0v) is 18.8. The van der Waals surface area contributed by atoms with E-state index in [1.54, 1.807) is 14.2 Å². The minimum Gasteiger partial charge on any atom is -0.491 e. The van der Waals surface area contributed by atoms with Crippen molar-refractivity contribution in [1.82, 2.24) is 24.8 Å². The number of methoxy groups -OCH3 is 2. The fraction of sp³-hybridized carbons (Fsp3) is 0.417. The molecule has 0 amide bonds. The maximum atomic E-state index is 6.05. The molecule has 4 aromatic heterocycles. The maximum absolute atomic E-state index is 6.05. The molecule has 0 radical (unpaired) electrons. The minimum atomic E-state index is 0.362. The van der Waals surface area contributed by atoms with E-state index in [4.69, 9.17) is 20.2 Å². The Labute approximate surface area is 187 Å². The van der Waals surface area contributed by atoms with E-state index in [0.29, 0.717) is 23.7 Å². The van der Waals surface area contributed by atoms with Crippen LogP contribution in [-0.4, -0.2) is 45.8 Å². The number of rotatable bonds is 6. The fourth-order valence-electron chi connectivity index (χ4n) is 4.71. The Balaban J connectivity index is 1.49. The van der Waals surface area contributed by atoms with Crippen LogP contribution in [0.3, 0.4) is 0 Å². The summed E-state index contributed by atoms with van der Waals surface area (Å²) in [5.41, 5.74) is 12.0. The van der Waals surface area contributed by atoms with Gasteiger partial charge in [0.05, 0.1) is 25.4 Å². The molecule has 1 aliphatic rings. The Morgan fingerprint density at radius 2 is 2.00 bits per heavy atom. The lowest BCUT2D eigenvalue weighted by Gasteiger charge is -2.27. The Morgan fingerprint density at radius 3 is 2.75 bits per heavy atom. The van der Waals surface area contributed by atoms with Crippen LogP contribution < -0.4 is 20.5 Å². The number of aromatic amines is 1. The van der Waals surface area contributed by atoms with E-state index >= 15 is 0 Å². The van der Waals surface area contributed by atoms with Crippen molar-refractivity contribution in [3.63, 3.8) is 0 Å². The van der Waals surface area contributed by atoms with Crippen molar-refractivity contribution in [2.45, 2.75) is 44.3 Å². The average molecular weight is 435 g/mol. The van der Waals surface area contributed by atoms with Crippen LogP contribution >= 0.6 is 0 Å². The van der Waals surface area contributed by atoms with Crippen LogP contribution in [0.5, 0.6) is 11.6 Å². The zero-order chi connectivity index (χ0) is 22.2. The number of pyridine rings is 2. The Morgan fingerprint density at radius 1 is 1.19 bits per heavy atom. The van der Waals surface area contributed by atoms with Crippen molar-refractivity contribution in [1.29, 1.82) is 0 Å². The van der Waals surface area contributed by atoms with Crippen LogP contribution in [0.4, 0.5) is 0 Å². The summed E-state index contributed by atoms with van der Waals surface area (Å²) in [4.78, 5) is 12.8. The summed E-state index contributed by atoms with van der Waals surface area (Å²) in [6.07, 6.45) is 8.41. The third-order valence-electron chi connectivity index (χ3n) is 6.57. The fourth-order valence-corrected chi connectivity index (χ4v) is 4.71. The first-order valence-corrected chi connectivity index (χ1v) is 11.1. The highest BCUT2D eigenvalue weighted by atomic mass is 16.5. The van der Waals surface area contributed by atoms with Crippen LogP contribution in [-0.2, 0) is 13.6 Å². The van der Waals surface area contributed by atoms with Crippen molar-refractivity contribution in [3.05, 3.63) is 36.2 Å². The molecule has 4 aromatic rings. The largest absolute Gasteiger partial charge is 0.491 e. The lowest BCUT2D eigenvalue weighted by Crippen LogP contribution is -2.37. The van der Waals surface area contributed by atoms with Crippen LogP contribution in [0.1, 0.15) is 31.2 Å². The molecular formula is C24H30N6O2. The number of ether oxygens (including phenoxy) is 2. The maximum Gasteiger partial charge on any atom is 0.257 e. The zero-order valence-electron chi connectivity index (χ0n) is 18.8. The first kappa shape index (κ1) is 20.8. The summed E-state index contributed by atoms with van der Waals surface area (Å²) in [5.74, 6) is 1.09. The molecule has 0 aliphatic heterocycles. The molecule has 0 saturated heterocycles. The van der Waals surface area contributed by atoms with E-state index in [1.807, 2.05) is 19.3 Å². The third kappa shape index (κ3) is 3.69. The summed E-state index contributed by atoms with van der Waals surface area (Å²) >= 11 is 0. The second kappa shape index (κ2) is 8.44. The van der Waals surface area contributed by atoms with Gasteiger partial charge in [-0.1, -0.05) is 0 Å². The van der Waals surface area contributed by atoms with Gasteiger partial charge >= 0.3 is 0 Å². The van der Waals surface area contributed by atoms with Crippen molar-refractivity contribution in [2.75, 3.05) is 14.2 Å². The van der Waals surface area contributed by atoms with Gasteiger partial charge in [0.2, 0.25) is 0 Å². The molecule has 0 bridgehead atoms. The number of aromatic nitrogens is 4. The Kier molecular flexibility index (Phi) is 5.48. The smallest absolute Gasteiger partial charge is 0.257 e. The van der Waals surface area contributed by atoms with Gasteiger partial charge in [-0.15, -0.1) is 0 Å². The molecule has 1 aliphatic carbocycles. The monoisotopic (exact) mass is 434 g/mol. The number of nitrogens with zero attached hydrogens (tertiary/aromatic N) is 3. The van der Waals surface area contributed by atoms with Crippen LogP contribution in [0.15, 0.2) is 30.6 Å². The summed E-state index contributed by atoms with van der Waals surface area (Å²) in [6, 6.07) is 7.11. The molecular weight excluding hydrogens is 404 g/mol. The van der Waals surface area contributed by atoms with Crippen molar-refractivity contribution in [2.24, 2.45) is 12.8 Å². The summed E-state index contributed by atoms with van der Waals surface area (Å²) < 4.78 is 12.9. The second-order valence-corrected chi connectivity index (χ2v) is 8.63. The molecule has 5 rings (SSSR count). The van der Waals surface area contributed by atoms with E-state index in [-0.39, 0.29) is 0 Å². The number of aryl methyl sites for hydroxylation is 1. The van der Waals surface area contributed by atoms with Gasteiger partial charge in [-0.05, 0) is 43.4 Å². The Hall–Kier alpha value is -3.10. The van der Waals surface area contributed by atoms with Crippen LogP contribution in [0.25, 0.3) is 33.3 Å². The number of hydrogen-bond donors (Lipinski definition) is 3. The number of fused-ring (bicyclic) bond motifs is 2. The number of nitrogens with two attached hydrogens (primary N) is 1. The molecule has 1 saturated carbocycles. The van der Waals surface area contributed by atoms with E-state index < -0.39 is 0 Å². The molecule has 0 atom stereocenters. The summed E-state index contributed by atoms with van der Waals surface area (Å²) in [7, 11) is 5.23. The summed E-state index contributed by atoms with van der Waals surface area (Å²) in [5, 5.41) is 4.84. The SMILES string of the molecule is COc1cc2c(nc1OC)c(-c1cc3c(CNC4CCC(N)CC4)ccnc3[nH]1)cn2C. The van der Waals surface area contributed by atoms with Gasteiger partial charge in [0.1, 0.15) is 11.2 Å². The lowest BCUT2D eigenvalue weighted by atomic mass is 9.91. The number of hydrogen-bond acceptors (Lipinski definition) is 6. The molecule has 0 spiro atoms. The van der Waals surface area contributed by atoms with Crippen molar-refractivity contribution >= 4 is 22.1 Å². The molecule has 4 N–H and O–H groups in total. The molecule has 4 heterocycles. The quantitative estimate of drug-likeness (QED) is 0.429. The molecule has 1 fully saturated rings. The predicted octanol–water partition coefficient (Wildman–Crippen LogP) is 3.49. The van der Waals surface area contributed by atoms with Gasteiger partial charge in [-0.25, -0.2) is 9.97 Å². The van der Waals surface area contributed by atoms with Crippen LogP contribution in [0.2, 0.25) is 0 Å². The van der Waals surface area contributed by atoms with Gasteiger partial charge in [0.15, 0.2) is 5.75 Å². The first-order valence-electron chi connectivity index (χ1n) is 11.1. The van der Waals surface area contributed by atoms with Crippen molar-refractivity contribution < 1.29 is 9.47 Å². The van der Waals surface area contributed by atoms with E-state index in [2.05, 4.69) is 38.2 Å². The molecule has 32 heavy (non-hydrogen) atoms. The van der Waals surface area contributed by atoms with Gasteiger partial charge in [-0.2, -0.15) is 0 Å². The topological polar surface area (TPSA) is 103 Å². The van der Waals surface area contributed by atoms with Crippen molar-refractivity contribution in [3.8, 4) is 22.9 Å². The molecule has 0 aromatic carbocycles. The third-order valence-corrected chi connectivity index (χ3v) is 6.57. The standard InChI is InChI=1S/C24H30N6O2/c1-30-13-18(22-20(30)11-21(31-2)24(29-22)32-3)19-10-17-14(8-9-26-23(17)28-19)12-27-16-6-4-15(25)5-7-16/h8-11,13,15-16,27H,4-7,12,25H2,1-3H3,(H,26,28). The summed E-state index contributed by atoms with van der Waals surface area (Å²) in [6.45, 7) is 0.815. The van der Waals surface area contributed by atoms with E-state index in [9.17, 15) is 0 Å².